The molecular formula is C16H11NO3. The topological polar surface area (TPSA) is 63.3 Å². The highest BCUT2D eigenvalue weighted by atomic mass is 16.4. The van der Waals surface area contributed by atoms with Crippen molar-refractivity contribution in [3.8, 4) is 0 Å². The summed E-state index contributed by atoms with van der Waals surface area (Å²) in [7, 11) is 0. The summed E-state index contributed by atoms with van der Waals surface area (Å²) in [5, 5.41) is 10.0. The Labute approximate surface area is 114 Å². The van der Waals surface area contributed by atoms with Crippen molar-refractivity contribution in [3.05, 3.63) is 76.3 Å². The van der Waals surface area contributed by atoms with Gasteiger partial charge in [-0.15, -0.1) is 0 Å². The largest absolute Gasteiger partial charge is 0.507 e. The summed E-state index contributed by atoms with van der Waals surface area (Å²) in [6.07, 6.45) is 1.31. The molecule has 1 N–H and O–H groups in total. The number of aliphatic hydroxyl groups is 1. The molecule has 0 aliphatic rings. The van der Waals surface area contributed by atoms with Gasteiger partial charge in [0, 0.05) is 11.6 Å². The maximum Gasteiger partial charge on any atom is 0.362 e. The van der Waals surface area contributed by atoms with Gasteiger partial charge in [0.15, 0.2) is 11.3 Å². The maximum absolute atomic E-state index is 11.8. The molecule has 1 heterocycles. The molecule has 0 bridgehead atoms. The van der Waals surface area contributed by atoms with E-state index in [1.54, 1.807) is 48.5 Å². The molecule has 0 unspecified atom stereocenters. The van der Waals surface area contributed by atoms with Crippen molar-refractivity contribution < 1.29 is 9.52 Å². The number of para-hydroxylation sites is 2. The first-order chi connectivity index (χ1) is 9.74. The summed E-state index contributed by atoms with van der Waals surface area (Å²) < 4.78 is 5.16. The average Bonchev–Trinajstić information content (AvgIpc) is 2.49. The zero-order valence-electron chi connectivity index (χ0n) is 10.5. The quantitative estimate of drug-likeness (QED) is 0.722. The number of rotatable bonds is 2. The standard InChI is InChI=1S/C16H11NO3/c18-14(11-6-2-1-3-7-11)10-13-16(19)20-15-9-5-4-8-12(15)17-13/h1-10,18H/b14-10-. The minimum Gasteiger partial charge on any atom is -0.507 e. The predicted molar refractivity (Wildman–Crippen MR) is 77.2 cm³/mol. The molecule has 1 aromatic heterocycles. The Morgan fingerprint density at radius 1 is 1.05 bits per heavy atom. The fourth-order valence-corrected chi connectivity index (χ4v) is 1.88. The normalized spacial score (nSPS) is 11.7. The van der Waals surface area contributed by atoms with E-state index < -0.39 is 5.63 Å². The second kappa shape index (κ2) is 5.01. The van der Waals surface area contributed by atoms with E-state index in [4.69, 9.17) is 4.42 Å². The Morgan fingerprint density at radius 2 is 1.75 bits per heavy atom. The summed E-state index contributed by atoms with van der Waals surface area (Å²) in [5.74, 6) is -0.0271. The molecule has 0 saturated carbocycles. The van der Waals surface area contributed by atoms with Gasteiger partial charge in [0.2, 0.25) is 0 Å². The lowest BCUT2D eigenvalue weighted by Gasteiger charge is -2.00. The second-order valence-corrected chi connectivity index (χ2v) is 4.25. The lowest BCUT2D eigenvalue weighted by Crippen LogP contribution is -2.06. The molecule has 0 aliphatic carbocycles. The zero-order valence-corrected chi connectivity index (χ0v) is 10.5. The monoisotopic (exact) mass is 265 g/mol. The molecule has 20 heavy (non-hydrogen) atoms. The van der Waals surface area contributed by atoms with E-state index in [0.29, 0.717) is 16.7 Å². The molecule has 3 aromatic rings. The van der Waals surface area contributed by atoms with Crippen molar-refractivity contribution in [3.63, 3.8) is 0 Å². The Morgan fingerprint density at radius 3 is 2.55 bits per heavy atom. The molecule has 0 amide bonds. The Balaban J connectivity index is 2.11. The van der Waals surface area contributed by atoms with Gasteiger partial charge in [-0.1, -0.05) is 42.5 Å². The molecule has 0 spiro atoms. The van der Waals surface area contributed by atoms with Crippen LogP contribution in [-0.2, 0) is 0 Å². The van der Waals surface area contributed by atoms with E-state index in [9.17, 15) is 9.90 Å². The van der Waals surface area contributed by atoms with Gasteiger partial charge in [-0.25, -0.2) is 9.78 Å². The van der Waals surface area contributed by atoms with Crippen molar-refractivity contribution in [1.82, 2.24) is 4.98 Å². The summed E-state index contributed by atoms with van der Waals surface area (Å²) >= 11 is 0. The third-order valence-corrected chi connectivity index (χ3v) is 2.86. The van der Waals surface area contributed by atoms with E-state index in [-0.39, 0.29) is 11.5 Å². The van der Waals surface area contributed by atoms with Crippen molar-refractivity contribution in [2.24, 2.45) is 0 Å². The van der Waals surface area contributed by atoms with Gasteiger partial charge < -0.3 is 9.52 Å². The smallest absolute Gasteiger partial charge is 0.362 e. The summed E-state index contributed by atoms with van der Waals surface area (Å²) in [5.41, 5.74) is 1.10. The molecule has 4 nitrogen and oxygen atoms in total. The Bertz CT molecular complexity index is 835. The first-order valence-electron chi connectivity index (χ1n) is 6.10. The minimum absolute atomic E-state index is 0.0271. The van der Waals surface area contributed by atoms with Gasteiger partial charge in [-0.05, 0) is 12.1 Å². The van der Waals surface area contributed by atoms with Crippen LogP contribution in [-0.4, -0.2) is 10.1 Å². The van der Waals surface area contributed by atoms with Crippen LogP contribution in [0.3, 0.4) is 0 Å². The highest BCUT2D eigenvalue weighted by Crippen LogP contribution is 2.14. The van der Waals surface area contributed by atoms with Crippen molar-refractivity contribution in [1.29, 1.82) is 0 Å². The Kier molecular flexibility index (Phi) is 3.05. The van der Waals surface area contributed by atoms with Crippen LogP contribution in [0.5, 0.6) is 0 Å². The van der Waals surface area contributed by atoms with Gasteiger partial charge in [0.1, 0.15) is 11.3 Å². The van der Waals surface area contributed by atoms with Crippen LogP contribution < -0.4 is 5.63 Å². The zero-order chi connectivity index (χ0) is 13.9. The number of fused-ring (bicyclic) bond motifs is 1. The lowest BCUT2D eigenvalue weighted by atomic mass is 10.1. The van der Waals surface area contributed by atoms with Crippen LogP contribution in [0.25, 0.3) is 22.9 Å². The molecule has 0 radical (unpaired) electrons. The highest BCUT2D eigenvalue weighted by molar-refractivity contribution is 5.77. The summed E-state index contributed by atoms with van der Waals surface area (Å²) in [6, 6.07) is 15.9. The average molecular weight is 265 g/mol. The summed E-state index contributed by atoms with van der Waals surface area (Å²) in [4.78, 5) is 16.0. The van der Waals surface area contributed by atoms with Crippen molar-refractivity contribution in [2.75, 3.05) is 0 Å². The number of hydrogen-bond donors (Lipinski definition) is 1. The van der Waals surface area contributed by atoms with Gasteiger partial charge in [0.25, 0.3) is 0 Å². The Hall–Kier alpha value is -2.88. The third kappa shape index (κ3) is 2.31. The van der Waals surface area contributed by atoms with E-state index in [1.165, 1.54) is 6.08 Å². The number of benzene rings is 2. The predicted octanol–water partition coefficient (Wildman–Crippen LogP) is 3.24. The van der Waals surface area contributed by atoms with Crippen LogP contribution in [0, 0.1) is 0 Å². The first kappa shape index (κ1) is 12.2. The molecule has 98 valence electrons. The molecular weight excluding hydrogens is 254 g/mol. The van der Waals surface area contributed by atoms with Crippen LogP contribution in [0.4, 0.5) is 0 Å². The second-order valence-electron chi connectivity index (χ2n) is 4.25. The van der Waals surface area contributed by atoms with Gasteiger partial charge in [-0.2, -0.15) is 0 Å². The van der Waals surface area contributed by atoms with Crippen LogP contribution in [0.1, 0.15) is 11.3 Å². The maximum atomic E-state index is 11.8. The fourth-order valence-electron chi connectivity index (χ4n) is 1.88. The highest BCUT2D eigenvalue weighted by Gasteiger charge is 2.06. The van der Waals surface area contributed by atoms with E-state index in [0.717, 1.165) is 0 Å². The third-order valence-electron chi connectivity index (χ3n) is 2.86. The SMILES string of the molecule is O=c1oc2ccccc2nc1/C=C(\O)c1ccccc1. The first-order valence-corrected chi connectivity index (χ1v) is 6.10. The molecule has 0 fully saturated rings. The van der Waals surface area contributed by atoms with Gasteiger partial charge in [-0.3, -0.25) is 0 Å². The number of aromatic nitrogens is 1. The van der Waals surface area contributed by atoms with Crippen LogP contribution in [0.2, 0.25) is 0 Å². The lowest BCUT2D eigenvalue weighted by molar-refractivity contribution is 0.514. The van der Waals surface area contributed by atoms with Crippen LogP contribution >= 0.6 is 0 Å². The molecule has 2 aromatic carbocycles. The fraction of sp³-hybridized carbons (Fsp3) is 0. The van der Waals surface area contributed by atoms with Crippen molar-refractivity contribution >= 4 is 22.9 Å². The molecule has 0 saturated heterocycles. The summed E-state index contributed by atoms with van der Waals surface area (Å²) in [6.45, 7) is 0. The van der Waals surface area contributed by atoms with Gasteiger partial charge in [0.05, 0.1) is 0 Å². The van der Waals surface area contributed by atoms with Gasteiger partial charge >= 0.3 is 5.63 Å². The van der Waals surface area contributed by atoms with Crippen molar-refractivity contribution in [2.45, 2.75) is 0 Å². The molecule has 4 heteroatoms. The number of nitrogens with zero attached hydrogens (tertiary/aromatic N) is 1. The number of hydrogen-bond acceptors (Lipinski definition) is 4. The van der Waals surface area contributed by atoms with Crippen LogP contribution in [0.15, 0.2) is 63.8 Å². The minimum atomic E-state index is -0.578. The molecule has 3 rings (SSSR count). The molecule has 0 aliphatic heterocycles. The van der Waals surface area contributed by atoms with E-state index in [2.05, 4.69) is 4.98 Å². The number of aliphatic hydroxyl groups excluding tert-OH is 1. The molecule has 0 atom stereocenters. The van der Waals surface area contributed by atoms with E-state index >= 15 is 0 Å². The van der Waals surface area contributed by atoms with E-state index in [1.807, 2.05) is 6.07 Å².